The van der Waals surface area contributed by atoms with E-state index in [1.54, 1.807) is 0 Å². The first-order chi connectivity index (χ1) is 5.54. The molecule has 0 aromatic rings. The second-order valence-corrected chi connectivity index (χ2v) is 4.97. The van der Waals surface area contributed by atoms with Crippen LogP contribution in [0, 0.1) is 11.8 Å². The van der Waals surface area contributed by atoms with Crippen LogP contribution < -0.4 is 5.73 Å². The van der Waals surface area contributed by atoms with E-state index < -0.39 is 0 Å². The molecule has 1 unspecified atom stereocenters. The predicted octanol–water partition coefficient (Wildman–Crippen LogP) is 2.94. The van der Waals surface area contributed by atoms with Gasteiger partial charge >= 0.3 is 0 Å². The molecule has 12 heavy (non-hydrogen) atoms. The Labute approximate surface area is 76.7 Å². The van der Waals surface area contributed by atoms with E-state index in [0.29, 0.717) is 5.92 Å². The van der Waals surface area contributed by atoms with Crippen molar-refractivity contribution in [3.63, 3.8) is 0 Å². The van der Waals surface area contributed by atoms with E-state index >= 15 is 0 Å². The van der Waals surface area contributed by atoms with Crippen molar-refractivity contribution in [2.24, 2.45) is 17.6 Å². The minimum absolute atomic E-state index is 0.185. The first-order valence-electron chi connectivity index (χ1n) is 5.33. The molecule has 1 saturated carbocycles. The lowest BCUT2D eigenvalue weighted by Crippen LogP contribution is -2.43. The van der Waals surface area contributed by atoms with Gasteiger partial charge in [0.15, 0.2) is 0 Å². The molecule has 0 aliphatic heterocycles. The molecule has 0 saturated heterocycles. The van der Waals surface area contributed by atoms with Gasteiger partial charge in [0.25, 0.3) is 0 Å². The van der Waals surface area contributed by atoms with Gasteiger partial charge in [-0.1, -0.05) is 33.6 Å². The van der Waals surface area contributed by atoms with Gasteiger partial charge in [0.05, 0.1) is 0 Å². The summed E-state index contributed by atoms with van der Waals surface area (Å²) in [5, 5.41) is 0. The van der Waals surface area contributed by atoms with Crippen LogP contribution in [0.1, 0.15) is 52.9 Å². The van der Waals surface area contributed by atoms with Crippen molar-refractivity contribution in [2.45, 2.75) is 58.4 Å². The molecular weight excluding hydrogens is 146 g/mol. The van der Waals surface area contributed by atoms with Crippen molar-refractivity contribution in [2.75, 3.05) is 0 Å². The fraction of sp³-hybridized carbons (Fsp3) is 1.00. The molecule has 0 heterocycles. The zero-order valence-electron chi connectivity index (χ0n) is 8.77. The van der Waals surface area contributed by atoms with Crippen molar-refractivity contribution in [3.8, 4) is 0 Å². The summed E-state index contributed by atoms with van der Waals surface area (Å²) in [6, 6.07) is 0. The molecule has 72 valence electrons. The van der Waals surface area contributed by atoms with Crippen LogP contribution in [0.25, 0.3) is 0 Å². The van der Waals surface area contributed by atoms with Gasteiger partial charge in [0.1, 0.15) is 0 Å². The van der Waals surface area contributed by atoms with Crippen LogP contribution >= 0.6 is 0 Å². The smallest absolute Gasteiger partial charge is 0.0180 e. The average molecular weight is 169 g/mol. The summed E-state index contributed by atoms with van der Waals surface area (Å²) in [6.07, 6.45) is 6.48. The van der Waals surface area contributed by atoms with Gasteiger partial charge in [-0.05, 0) is 31.1 Å². The van der Waals surface area contributed by atoms with Crippen molar-refractivity contribution < 1.29 is 0 Å². The maximum Gasteiger partial charge on any atom is 0.0180 e. The number of hydrogen-bond acceptors (Lipinski definition) is 1. The van der Waals surface area contributed by atoms with Gasteiger partial charge in [-0.15, -0.1) is 0 Å². The Morgan fingerprint density at radius 3 is 2.08 bits per heavy atom. The molecule has 0 spiro atoms. The van der Waals surface area contributed by atoms with Crippen LogP contribution in [0.5, 0.6) is 0 Å². The minimum atomic E-state index is 0.185. The van der Waals surface area contributed by atoms with Crippen LogP contribution in [0.15, 0.2) is 0 Å². The zero-order valence-corrected chi connectivity index (χ0v) is 8.77. The third-order valence-corrected chi connectivity index (χ3v) is 3.34. The summed E-state index contributed by atoms with van der Waals surface area (Å²) in [5.74, 6) is 1.50. The Balaban J connectivity index is 2.44. The van der Waals surface area contributed by atoms with E-state index in [1.807, 2.05) is 0 Å². The van der Waals surface area contributed by atoms with E-state index in [4.69, 9.17) is 5.73 Å². The molecule has 0 aromatic carbocycles. The molecule has 0 bridgehead atoms. The molecule has 0 radical (unpaired) electrons. The lowest BCUT2D eigenvalue weighted by molar-refractivity contribution is 0.256. The summed E-state index contributed by atoms with van der Waals surface area (Å²) in [4.78, 5) is 0. The van der Waals surface area contributed by atoms with Crippen LogP contribution in [0.4, 0.5) is 0 Å². The predicted molar refractivity (Wildman–Crippen MR) is 54.0 cm³/mol. The summed E-state index contributed by atoms with van der Waals surface area (Å²) < 4.78 is 0. The van der Waals surface area contributed by atoms with Crippen molar-refractivity contribution in [1.29, 1.82) is 0 Å². The van der Waals surface area contributed by atoms with Crippen LogP contribution in [-0.4, -0.2) is 5.54 Å². The van der Waals surface area contributed by atoms with Crippen LogP contribution in [-0.2, 0) is 0 Å². The van der Waals surface area contributed by atoms with Gasteiger partial charge in [0, 0.05) is 5.54 Å². The molecule has 0 aromatic heterocycles. The second kappa shape index (κ2) is 3.78. The summed E-state index contributed by atoms with van der Waals surface area (Å²) in [7, 11) is 0. The standard InChI is InChI=1S/C11H23N/c1-9(2)8-10(3)11(12)6-4-5-7-11/h9-10H,4-8,12H2,1-3H3. The Morgan fingerprint density at radius 2 is 1.67 bits per heavy atom. The van der Waals surface area contributed by atoms with E-state index in [2.05, 4.69) is 20.8 Å². The average Bonchev–Trinajstić information content (AvgIpc) is 2.36. The Bertz CT molecular complexity index is 134. The molecule has 1 rings (SSSR count). The molecule has 1 atom stereocenters. The molecule has 0 amide bonds. The highest BCUT2D eigenvalue weighted by Gasteiger charge is 2.34. The lowest BCUT2D eigenvalue weighted by Gasteiger charge is -2.32. The first kappa shape index (κ1) is 10.0. The molecule has 1 aliphatic rings. The van der Waals surface area contributed by atoms with E-state index in [9.17, 15) is 0 Å². The SMILES string of the molecule is CC(C)CC(C)C1(N)CCCC1. The highest BCUT2D eigenvalue weighted by atomic mass is 14.8. The maximum absolute atomic E-state index is 6.35. The molecular formula is C11H23N. The van der Waals surface area contributed by atoms with Crippen LogP contribution in [0.3, 0.4) is 0 Å². The normalized spacial score (nSPS) is 24.8. The monoisotopic (exact) mass is 169 g/mol. The molecule has 1 nitrogen and oxygen atoms in total. The topological polar surface area (TPSA) is 26.0 Å². The van der Waals surface area contributed by atoms with E-state index in [0.717, 1.165) is 5.92 Å². The zero-order chi connectivity index (χ0) is 9.19. The van der Waals surface area contributed by atoms with E-state index in [1.165, 1.54) is 32.1 Å². The number of rotatable bonds is 3. The Hall–Kier alpha value is -0.0400. The first-order valence-corrected chi connectivity index (χ1v) is 5.33. The largest absolute Gasteiger partial charge is 0.325 e. The van der Waals surface area contributed by atoms with Gasteiger partial charge < -0.3 is 5.73 Å². The summed E-state index contributed by atoms with van der Waals surface area (Å²) in [5.41, 5.74) is 6.54. The highest BCUT2D eigenvalue weighted by Crippen LogP contribution is 2.36. The summed E-state index contributed by atoms with van der Waals surface area (Å²) in [6.45, 7) is 6.90. The molecule has 2 N–H and O–H groups in total. The molecule has 1 fully saturated rings. The maximum atomic E-state index is 6.35. The van der Waals surface area contributed by atoms with Gasteiger partial charge in [-0.25, -0.2) is 0 Å². The third kappa shape index (κ3) is 2.22. The van der Waals surface area contributed by atoms with Gasteiger partial charge in [-0.2, -0.15) is 0 Å². The lowest BCUT2D eigenvalue weighted by atomic mass is 9.80. The third-order valence-electron chi connectivity index (χ3n) is 3.34. The molecule has 1 aliphatic carbocycles. The Morgan fingerprint density at radius 1 is 1.17 bits per heavy atom. The van der Waals surface area contributed by atoms with Gasteiger partial charge in [0.2, 0.25) is 0 Å². The minimum Gasteiger partial charge on any atom is -0.325 e. The van der Waals surface area contributed by atoms with Crippen molar-refractivity contribution >= 4 is 0 Å². The fourth-order valence-electron chi connectivity index (χ4n) is 2.47. The fourth-order valence-corrected chi connectivity index (χ4v) is 2.47. The number of nitrogens with two attached hydrogens (primary N) is 1. The van der Waals surface area contributed by atoms with Crippen molar-refractivity contribution in [1.82, 2.24) is 0 Å². The highest BCUT2D eigenvalue weighted by molar-refractivity contribution is 4.93. The van der Waals surface area contributed by atoms with E-state index in [-0.39, 0.29) is 5.54 Å². The molecule has 1 heteroatoms. The quantitative estimate of drug-likeness (QED) is 0.690. The number of hydrogen-bond donors (Lipinski definition) is 1. The second-order valence-electron chi connectivity index (χ2n) is 4.97. The van der Waals surface area contributed by atoms with Crippen molar-refractivity contribution in [3.05, 3.63) is 0 Å². The van der Waals surface area contributed by atoms with Gasteiger partial charge in [-0.3, -0.25) is 0 Å². The summed E-state index contributed by atoms with van der Waals surface area (Å²) >= 11 is 0. The Kier molecular flexibility index (Phi) is 3.16. The van der Waals surface area contributed by atoms with Crippen LogP contribution in [0.2, 0.25) is 0 Å².